The van der Waals surface area contributed by atoms with Crippen molar-refractivity contribution in [2.24, 2.45) is 0 Å². The lowest BCUT2D eigenvalue weighted by Gasteiger charge is -2.17. The first kappa shape index (κ1) is 12.0. The molecule has 0 radical (unpaired) electrons. The number of hydrogen-bond acceptors (Lipinski definition) is 6. The summed E-state index contributed by atoms with van der Waals surface area (Å²) in [5.41, 5.74) is 0. The van der Waals surface area contributed by atoms with Crippen LogP contribution in [0.25, 0.3) is 0 Å². The Morgan fingerprint density at radius 1 is 1.36 bits per heavy atom. The van der Waals surface area contributed by atoms with Crippen molar-refractivity contribution in [1.82, 2.24) is 0 Å². The zero-order valence-corrected chi connectivity index (χ0v) is 7.82. The molecule has 1 aliphatic heterocycles. The van der Waals surface area contributed by atoms with Gasteiger partial charge in [-0.25, -0.2) is 4.57 Å². The molecule has 0 aromatic carbocycles. The topological polar surface area (TPSA) is 137 Å². The molecule has 0 amide bonds. The van der Waals surface area contributed by atoms with Gasteiger partial charge in [-0.3, -0.25) is 4.52 Å². The largest absolute Gasteiger partial charge is 0.470 e. The van der Waals surface area contributed by atoms with Crippen LogP contribution >= 0.6 is 7.82 Å². The Balaban J connectivity index is 2.65. The van der Waals surface area contributed by atoms with Gasteiger partial charge in [0.2, 0.25) is 0 Å². The molecule has 1 fully saturated rings. The summed E-state index contributed by atoms with van der Waals surface area (Å²) in [7, 11) is -4.81. The Morgan fingerprint density at radius 2 is 1.93 bits per heavy atom. The van der Waals surface area contributed by atoms with E-state index < -0.39 is 39.0 Å². The number of phosphoric acid groups is 1. The van der Waals surface area contributed by atoms with Gasteiger partial charge in [-0.05, 0) is 0 Å². The van der Waals surface area contributed by atoms with Crippen molar-refractivity contribution in [3.05, 3.63) is 0 Å². The lowest BCUT2D eigenvalue weighted by atomic mass is 10.1. The van der Waals surface area contributed by atoms with Gasteiger partial charge in [-0.1, -0.05) is 0 Å². The normalized spacial score (nSPS) is 38.9. The van der Waals surface area contributed by atoms with E-state index in [1.54, 1.807) is 0 Å². The molecule has 0 unspecified atom stereocenters. The highest BCUT2D eigenvalue weighted by Gasteiger charge is 2.46. The first-order valence-corrected chi connectivity index (χ1v) is 5.24. The summed E-state index contributed by atoms with van der Waals surface area (Å²) in [5, 5.41) is 27.0. The van der Waals surface area contributed by atoms with E-state index >= 15 is 0 Å². The molecule has 84 valence electrons. The van der Waals surface area contributed by atoms with Crippen molar-refractivity contribution < 1.29 is 38.9 Å². The molecule has 1 heterocycles. The van der Waals surface area contributed by atoms with Crippen LogP contribution < -0.4 is 0 Å². The molecule has 0 aromatic heterocycles. The minimum Gasteiger partial charge on any atom is -0.394 e. The maximum Gasteiger partial charge on any atom is 0.470 e. The van der Waals surface area contributed by atoms with Crippen molar-refractivity contribution in [2.75, 3.05) is 6.61 Å². The summed E-state index contributed by atoms with van der Waals surface area (Å²) in [6.07, 6.45) is -5.83. The minimum atomic E-state index is -4.81. The van der Waals surface area contributed by atoms with Crippen LogP contribution in [-0.4, -0.2) is 56.3 Å². The Hall–Kier alpha value is -0.0500. The lowest BCUT2D eigenvalue weighted by Crippen LogP contribution is -2.35. The van der Waals surface area contributed by atoms with Gasteiger partial charge in [0.1, 0.15) is 18.3 Å². The molecule has 1 saturated heterocycles. The molecule has 0 aromatic rings. The van der Waals surface area contributed by atoms with Gasteiger partial charge < -0.3 is 29.8 Å². The van der Waals surface area contributed by atoms with Crippen LogP contribution in [0, 0.1) is 0 Å². The predicted molar refractivity (Wildman–Crippen MR) is 40.9 cm³/mol. The number of phosphoric ester groups is 1. The average molecular weight is 230 g/mol. The fourth-order valence-electron chi connectivity index (χ4n) is 1.14. The Kier molecular flexibility index (Phi) is 3.62. The molecule has 14 heavy (non-hydrogen) atoms. The van der Waals surface area contributed by atoms with Crippen LogP contribution in [0.1, 0.15) is 0 Å². The molecule has 5 N–H and O–H groups in total. The van der Waals surface area contributed by atoms with Gasteiger partial charge in [0.05, 0.1) is 6.61 Å². The third-order valence-electron chi connectivity index (χ3n) is 1.75. The molecule has 0 saturated carbocycles. The SMILES string of the molecule is O=P(O)(O)O[C@@H]1[C@@H](O)[C@@H](CO)O[C@H]1O. The highest BCUT2D eigenvalue weighted by atomic mass is 31.2. The van der Waals surface area contributed by atoms with Crippen LogP contribution in [0.4, 0.5) is 0 Å². The highest BCUT2D eigenvalue weighted by molar-refractivity contribution is 7.46. The van der Waals surface area contributed by atoms with Gasteiger partial charge in [0.15, 0.2) is 6.29 Å². The van der Waals surface area contributed by atoms with Gasteiger partial charge in [-0.2, -0.15) is 0 Å². The van der Waals surface area contributed by atoms with Gasteiger partial charge >= 0.3 is 7.82 Å². The van der Waals surface area contributed by atoms with E-state index in [9.17, 15) is 9.67 Å². The maximum atomic E-state index is 10.4. The van der Waals surface area contributed by atoms with Crippen molar-refractivity contribution in [2.45, 2.75) is 24.6 Å². The summed E-state index contributed by atoms with van der Waals surface area (Å²) in [4.78, 5) is 16.8. The Morgan fingerprint density at radius 3 is 2.29 bits per heavy atom. The molecule has 9 heteroatoms. The minimum absolute atomic E-state index is 0.584. The Labute approximate surface area is 78.9 Å². The summed E-state index contributed by atoms with van der Waals surface area (Å²) < 4.78 is 19.1. The molecule has 8 nitrogen and oxygen atoms in total. The summed E-state index contributed by atoms with van der Waals surface area (Å²) in [5.74, 6) is 0. The second-order valence-electron chi connectivity index (χ2n) is 2.80. The van der Waals surface area contributed by atoms with E-state index in [4.69, 9.17) is 20.0 Å². The molecular weight excluding hydrogens is 219 g/mol. The predicted octanol–water partition coefficient (Wildman–Crippen LogP) is -2.47. The first-order chi connectivity index (χ1) is 6.35. The van der Waals surface area contributed by atoms with Crippen LogP contribution in [0.5, 0.6) is 0 Å². The summed E-state index contributed by atoms with van der Waals surface area (Å²) >= 11 is 0. The monoisotopic (exact) mass is 230 g/mol. The molecule has 0 bridgehead atoms. The van der Waals surface area contributed by atoms with Crippen LogP contribution in [0.2, 0.25) is 0 Å². The second-order valence-corrected chi connectivity index (χ2v) is 3.99. The van der Waals surface area contributed by atoms with Gasteiger partial charge in [0, 0.05) is 0 Å². The third-order valence-corrected chi connectivity index (χ3v) is 2.27. The third kappa shape index (κ3) is 2.72. The van der Waals surface area contributed by atoms with E-state index in [-0.39, 0.29) is 0 Å². The number of aliphatic hydroxyl groups is 3. The van der Waals surface area contributed by atoms with Crippen molar-refractivity contribution in [3.63, 3.8) is 0 Å². The zero-order valence-electron chi connectivity index (χ0n) is 6.92. The number of rotatable bonds is 3. The smallest absolute Gasteiger partial charge is 0.394 e. The van der Waals surface area contributed by atoms with E-state index in [0.717, 1.165) is 0 Å². The number of hydrogen-bond donors (Lipinski definition) is 5. The maximum absolute atomic E-state index is 10.4. The summed E-state index contributed by atoms with van der Waals surface area (Å²) in [6.45, 7) is -0.584. The first-order valence-electron chi connectivity index (χ1n) is 3.71. The number of aliphatic hydroxyl groups excluding tert-OH is 3. The van der Waals surface area contributed by atoms with E-state index in [2.05, 4.69) is 9.26 Å². The quantitative estimate of drug-likeness (QED) is 0.336. The molecule has 0 aliphatic carbocycles. The van der Waals surface area contributed by atoms with Crippen LogP contribution in [0.15, 0.2) is 0 Å². The standard InChI is InChI=1S/C5H11O8P/c6-1-2-3(7)4(5(8)12-2)13-14(9,10)11/h2-8H,1H2,(H2,9,10,11)/t2-,3+,4-,5-/m1/s1. The average Bonchev–Trinajstić information content (AvgIpc) is 2.29. The summed E-state index contributed by atoms with van der Waals surface area (Å²) in [6, 6.07) is 0. The van der Waals surface area contributed by atoms with Crippen LogP contribution in [-0.2, 0) is 13.8 Å². The second kappa shape index (κ2) is 4.21. The Bertz CT molecular complexity index is 238. The van der Waals surface area contributed by atoms with E-state index in [0.29, 0.717) is 0 Å². The van der Waals surface area contributed by atoms with Crippen molar-refractivity contribution in [3.8, 4) is 0 Å². The van der Waals surface area contributed by atoms with E-state index in [1.165, 1.54) is 0 Å². The van der Waals surface area contributed by atoms with Crippen molar-refractivity contribution in [1.29, 1.82) is 0 Å². The molecule has 0 spiro atoms. The molecule has 1 rings (SSSR count). The highest BCUT2D eigenvalue weighted by Crippen LogP contribution is 2.41. The molecule has 4 atom stereocenters. The molecule has 1 aliphatic rings. The van der Waals surface area contributed by atoms with Gasteiger partial charge in [0.25, 0.3) is 0 Å². The fourth-order valence-corrected chi connectivity index (χ4v) is 1.69. The zero-order chi connectivity index (χ0) is 10.9. The van der Waals surface area contributed by atoms with E-state index in [1.807, 2.05) is 0 Å². The van der Waals surface area contributed by atoms with Crippen LogP contribution in [0.3, 0.4) is 0 Å². The van der Waals surface area contributed by atoms with Gasteiger partial charge in [-0.15, -0.1) is 0 Å². The van der Waals surface area contributed by atoms with Crippen molar-refractivity contribution >= 4 is 7.82 Å². The molecular formula is C5H11O8P. The fraction of sp³-hybridized carbons (Fsp3) is 1.00. The lowest BCUT2D eigenvalue weighted by molar-refractivity contribution is -0.130. The number of ether oxygens (including phenoxy) is 1.